The number of nitrogens with one attached hydrogen (secondary N) is 2. The number of rotatable bonds is 6. The van der Waals surface area contributed by atoms with Crippen LogP contribution in [0.2, 0.25) is 5.02 Å². The molecule has 0 saturated heterocycles. The molecule has 0 aliphatic carbocycles. The normalized spacial score (nSPS) is 10.2. The van der Waals surface area contributed by atoms with Gasteiger partial charge in [0.2, 0.25) is 5.91 Å². The second-order valence-corrected chi connectivity index (χ2v) is 5.45. The van der Waals surface area contributed by atoms with Crippen LogP contribution < -0.4 is 10.6 Å². The number of nitrogens with zero attached hydrogens (tertiary/aromatic N) is 1. The number of amides is 1. The molecule has 23 heavy (non-hydrogen) atoms. The van der Waals surface area contributed by atoms with Crippen molar-refractivity contribution in [1.82, 2.24) is 5.32 Å². The van der Waals surface area contributed by atoms with E-state index in [0.29, 0.717) is 17.3 Å². The Morgan fingerprint density at radius 1 is 1.22 bits per heavy atom. The summed E-state index contributed by atoms with van der Waals surface area (Å²) in [5.74, 6) is -0.203. The van der Waals surface area contributed by atoms with Crippen molar-refractivity contribution in [3.05, 3.63) is 68.7 Å². The second-order valence-electron chi connectivity index (χ2n) is 5.01. The summed E-state index contributed by atoms with van der Waals surface area (Å²) in [4.78, 5) is 22.2. The largest absolute Gasteiger partial charge is 0.376 e. The van der Waals surface area contributed by atoms with E-state index in [1.807, 2.05) is 19.1 Å². The van der Waals surface area contributed by atoms with E-state index in [-0.39, 0.29) is 18.1 Å². The Balaban J connectivity index is 1.88. The zero-order chi connectivity index (χ0) is 16.8. The van der Waals surface area contributed by atoms with E-state index in [1.54, 1.807) is 18.2 Å². The first-order chi connectivity index (χ1) is 11.0. The zero-order valence-electron chi connectivity index (χ0n) is 12.5. The number of halogens is 1. The molecule has 0 bridgehead atoms. The fraction of sp³-hybridized carbons (Fsp3) is 0.188. The number of anilines is 1. The first-order valence-corrected chi connectivity index (χ1v) is 7.33. The van der Waals surface area contributed by atoms with Crippen LogP contribution in [0.5, 0.6) is 0 Å². The van der Waals surface area contributed by atoms with Crippen molar-refractivity contribution >= 4 is 28.9 Å². The lowest BCUT2D eigenvalue weighted by Crippen LogP contribution is -2.29. The average Bonchev–Trinajstić information content (AvgIpc) is 2.53. The number of aryl methyl sites for hydroxylation is 1. The molecule has 7 heteroatoms. The number of carbonyl (C=O) groups is 1. The predicted octanol–water partition coefficient (Wildman–Crippen LogP) is 3.28. The smallest absolute Gasteiger partial charge is 0.271 e. The van der Waals surface area contributed by atoms with Gasteiger partial charge in [0.05, 0.1) is 11.5 Å². The van der Waals surface area contributed by atoms with E-state index in [0.717, 1.165) is 11.1 Å². The molecule has 2 aromatic rings. The number of hydrogen-bond donors (Lipinski definition) is 2. The van der Waals surface area contributed by atoms with Crippen LogP contribution in [0, 0.1) is 17.0 Å². The molecule has 0 unspecified atom stereocenters. The second kappa shape index (κ2) is 7.60. The van der Waals surface area contributed by atoms with Crippen LogP contribution in [0.25, 0.3) is 0 Å². The number of nitro groups is 1. The van der Waals surface area contributed by atoms with Crippen LogP contribution in [-0.4, -0.2) is 17.4 Å². The molecule has 2 rings (SSSR count). The third-order valence-electron chi connectivity index (χ3n) is 3.27. The predicted molar refractivity (Wildman–Crippen MR) is 89.6 cm³/mol. The maximum Gasteiger partial charge on any atom is 0.271 e. The summed E-state index contributed by atoms with van der Waals surface area (Å²) in [6.45, 7) is 2.25. The van der Waals surface area contributed by atoms with Gasteiger partial charge in [0, 0.05) is 29.4 Å². The summed E-state index contributed by atoms with van der Waals surface area (Å²) in [6, 6.07) is 11.7. The van der Waals surface area contributed by atoms with E-state index in [2.05, 4.69) is 10.6 Å². The van der Waals surface area contributed by atoms with Crippen molar-refractivity contribution < 1.29 is 9.72 Å². The highest BCUT2D eigenvalue weighted by molar-refractivity contribution is 6.30. The summed E-state index contributed by atoms with van der Waals surface area (Å²) >= 11 is 5.80. The van der Waals surface area contributed by atoms with Gasteiger partial charge in [-0.1, -0.05) is 29.8 Å². The molecule has 1 amide bonds. The van der Waals surface area contributed by atoms with Gasteiger partial charge in [-0.3, -0.25) is 14.9 Å². The SMILES string of the molecule is Cc1ccc([N+](=O)[O-])cc1NCC(=O)NCc1ccc(Cl)cc1. The molecule has 2 aromatic carbocycles. The van der Waals surface area contributed by atoms with Gasteiger partial charge in [0.15, 0.2) is 0 Å². The molecule has 0 radical (unpaired) electrons. The minimum absolute atomic E-state index is 0.0142. The summed E-state index contributed by atoms with van der Waals surface area (Å²) in [7, 11) is 0. The van der Waals surface area contributed by atoms with E-state index in [1.165, 1.54) is 12.1 Å². The van der Waals surface area contributed by atoms with Crippen molar-refractivity contribution in [2.75, 3.05) is 11.9 Å². The Morgan fingerprint density at radius 3 is 2.57 bits per heavy atom. The lowest BCUT2D eigenvalue weighted by Gasteiger charge is -2.10. The number of nitro benzene ring substituents is 1. The minimum atomic E-state index is -0.467. The molecule has 120 valence electrons. The van der Waals surface area contributed by atoms with Crippen LogP contribution in [0.3, 0.4) is 0 Å². The maximum absolute atomic E-state index is 11.9. The molecule has 0 atom stereocenters. The third-order valence-corrected chi connectivity index (χ3v) is 3.53. The fourth-order valence-corrected chi connectivity index (χ4v) is 2.08. The van der Waals surface area contributed by atoms with Gasteiger partial charge in [-0.2, -0.15) is 0 Å². The molecule has 2 N–H and O–H groups in total. The molecule has 0 fully saturated rings. The summed E-state index contributed by atoms with van der Waals surface area (Å²) < 4.78 is 0. The van der Waals surface area contributed by atoms with E-state index < -0.39 is 4.92 Å². The van der Waals surface area contributed by atoms with Gasteiger partial charge >= 0.3 is 0 Å². The molecule has 0 heterocycles. The van der Waals surface area contributed by atoms with E-state index >= 15 is 0 Å². The van der Waals surface area contributed by atoms with Crippen molar-refractivity contribution in [3.8, 4) is 0 Å². The minimum Gasteiger partial charge on any atom is -0.376 e. The van der Waals surface area contributed by atoms with Crippen LogP contribution in [0.1, 0.15) is 11.1 Å². The van der Waals surface area contributed by atoms with Crippen molar-refractivity contribution in [3.63, 3.8) is 0 Å². The van der Waals surface area contributed by atoms with Gasteiger partial charge in [-0.25, -0.2) is 0 Å². The number of benzene rings is 2. The molecule has 0 aromatic heterocycles. The number of carbonyl (C=O) groups excluding carboxylic acids is 1. The van der Waals surface area contributed by atoms with Crippen LogP contribution >= 0.6 is 11.6 Å². The first kappa shape index (κ1) is 16.8. The van der Waals surface area contributed by atoms with Gasteiger partial charge in [-0.05, 0) is 30.2 Å². The summed E-state index contributed by atoms with van der Waals surface area (Å²) in [5.41, 5.74) is 2.33. The number of non-ortho nitro benzene ring substituents is 1. The van der Waals surface area contributed by atoms with Gasteiger partial charge in [0.25, 0.3) is 5.69 Å². The van der Waals surface area contributed by atoms with Crippen molar-refractivity contribution in [1.29, 1.82) is 0 Å². The zero-order valence-corrected chi connectivity index (χ0v) is 13.3. The Labute approximate surface area is 138 Å². The Bertz CT molecular complexity index is 717. The highest BCUT2D eigenvalue weighted by atomic mass is 35.5. The molecule has 0 saturated carbocycles. The Kier molecular flexibility index (Phi) is 5.54. The quantitative estimate of drug-likeness (QED) is 0.627. The lowest BCUT2D eigenvalue weighted by molar-refractivity contribution is -0.384. The molecule has 6 nitrogen and oxygen atoms in total. The maximum atomic E-state index is 11.9. The highest BCUT2D eigenvalue weighted by Gasteiger charge is 2.09. The molecular formula is C16H16ClN3O3. The van der Waals surface area contributed by atoms with Crippen LogP contribution in [0.15, 0.2) is 42.5 Å². The van der Waals surface area contributed by atoms with Gasteiger partial charge < -0.3 is 10.6 Å². The van der Waals surface area contributed by atoms with Crippen molar-refractivity contribution in [2.45, 2.75) is 13.5 Å². The molecule has 0 aliphatic rings. The van der Waals surface area contributed by atoms with Crippen molar-refractivity contribution in [2.24, 2.45) is 0 Å². The van der Waals surface area contributed by atoms with Gasteiger partial charge in [0.1, 0.15) is 0 Å². The average molecular weight is 334 g/mol. The fourth-order valence-electron chi connectivity index (χ4n) is 1.95. The Morgan fingerprint density at radius 2 is 1.91 bits per heavy atom. The van der Waals surface area contributed by atoms with Crippen LogP contribution in [0.4, 0.5) is 11.4 Å². The molecule has 0 aliphatic heterocycles. The monoisotopic (exact) mass is 333 g/mol. The first-order valence-electron chi connectivity index (χ1n) is 6.96. The number of hydrogen-bond acceptors (Lipinski definition) is 4. The lowest BCUT2D eigenvalue weighted by atomic mass is 10.2. The third kappa shape index (κ3) is 4.96. The molecule has 0 spiro atoms. The summed E-state index contributed by atoms with van der Waals surface area (Å²) in [5, 5.41) is 17.1. The van der Waals surface area contributed by atoms with Crippen LogP contribution in [-0.2, 0) is 11.3 Å². The highest BCUT2D eigenvalue weighted by Crippen LogP contribution is 2.21. The standard InChI is InChI=1S/C16H16ClN3O3/c1-11-2-7-14(20(22)23)8-15(11)18-10-16(21)19-9-12-3-5-13(17)6-4-12/h2-8,18H,9-10H2,1H3,(H,19,21). The van der Waals surface area contributed by atoms with E-state index in [9.17, 15) is 14.9 Å². The van der Waals surface area contributed by atoms with E-state index in [4.69, 9.17) is 11.6 Å². The van der Waals surface area contributed by atoms with Gasteiger partial charge in [-0.15, -0.1) is 0 Å². The topological polar surface area (TPSA) is 84.3 Å². The molecular weight excluding hydrogens is 318 g/mol. The summed E-state index contributed by atoms with van der Waals surface area (Å²) in [6.07, 6.45) is 0. The Hall–Kier alpha value is -2.60.